The van der Waals surface area contributed by atoms with Crippen molar-refractivity contribution in [2.75, 3.05) is 0 Å². The standard InChI is InChI=1S/C25H25FN4O2S/c26-17-12-10-16(11-13-17)15-33-25-28-20-9-5-4-8-19(20)23-29-24(32)21(30(23)25)14-22(31)27-18-6-2-1-3-7-18/h4-5,8-13,18,21H,1-3,6-7,14-15H2,(H,27,31). The molecule has 3 aliphatic rings. The molecule has 0 spiro atoms. The van der Waals surface area contributed by atoms with Gasteiger partial charge in [-0.2, -0.15) is 4.99 Å². The van der Waals surface area contributed by atoms with E-state index < -0.39 is 6.04 Å². The number of carbonyl (C=O) groups excluding carboxylic acids is 2. The molecule has 2 aromatic rings. The molecule has 1 saturated carbocycles. The number of thioether (sulfide) groups is 1. The number of hydrogen-bond donors (Lipinski definition) is 1. The van der Waals surface area contributed by atoms with E-state index in [4.69, 9.17) is 4.99 Å². The van der Waals surface area contributed by atoms with E-state index in [1.807, 2.05) is 24.3 Å². The van der Waals surface area contributed by atoms with Gasteiger partial charge in [0.15, 0.2) is 5.17 Å². The van der Waals surface area contributed by atoms with Crippen LogP contribution in [-0.4, -0.2) is 39.8 Å². The minimum absolute atomic E-state index is 0.0423. The monoisotopic (exact) mass is 464 g/mol. The minimum Gasteiger partial charge on any atom is -0.353 e. The fraction of sp³-hybridized carbons (Fsp3) is 0.360. The molecular weight excluding hydrogens is 439 g/mol. The number of amidine groups is 2. The summed E-state index contributed by atoms with van der Waals surface area (Å²) in [5.41, 5.74) is 2.47. The summed E-state index contributed by atoms with van der Waals surface area (Å²) in [6.45, 7) is 0. The Kier molecular flexibility index (Phi) is 6.26. The summed E-state index contributed by atoms with van der Waals surface area (Å²) >= 11 is 1.45. The summed E-state index contributed by atoms with van der Waals surface area (Å²) in [4.78, 5) is 36.7. The van der Waals surface area contributed by atoms with Crippen LogP contribution in [0, 0.1) is 5.82 Å². The molecule has 0 bridgehead atoms. The van der Waals surface area contributed by atoms with Gasteiger partial charge in [-0.1, -0.05) is 55.3 Å². The fourth-order valence-electron chi connectivity index (χ4n) is 4.54. The van der Waals surface area contributed by atoms with Gasteiger partial charge in [-0.15, -0.1) is 0 Å². The second-order valence-electron chi connectivity index (χ2n) is 8.59. The van der Waals surface area contributed by atoms with Crippen molar-refractivity contribution in [1.82, 2.24) is 10.2 Å². The maximum atomic E-state index is 13.3. The van der Waals surface area contributed by atoms with E-state index in [-0.39, 0.29) is 30.1 Å². The van der Waals surface area contributed by atoms with Gasteiger partial charge in [0.25, 0.3) is 5.91 Å². The Balaban J connectivity index is 1.37. The van der Waals surface area contributed by atoms with Crippen LogP contribution < -0.4 is 5.32 Å². The number of carbonyl (C=O) groups is 2. The van der Waals surface area contributed by atoms with Crippen LogP contribution in [0.4, 0.5) is 10.1 Å². The maximum absolute atomic E-state index is 13.3. The zero-order chi connectivity index (χ0) is 22.8. The Bertz CT molecular complexity index is 1130. The van der Waals surface area contributed by atoms with Gasteiger partial charge in [0.05, 0.1) is 12.1 Å². The first-order valence-corrected chi connectivity index (χ1v) is 12.3. The third-order valence-corrected chi connectivity index (χ3v) is 7.26. The molecule has 2 aliphatic heterocycles. The molecule has 0 radical (unpaired) electrons. The molecule has 0 aromatic heterocycles. The number of hydrogen-bond acceptors (Lipinski definition) is 5. The lowest BCUT2D eigenvalue weighted by Gasteiger charge is -2.31. The van der Waals surface area contributed by atoms with Crippen LogP contribution in [-0.2, 0) is 15.3 Å². The van der Waals surface area contributed by atoms with Crippen molar-refractivity contribution < 1.29 is 14.0 Å². The highest BCUT2D eigenvalue weighted by Gasteiger charge is 2.42. The van der Waals surface area contributed by atoms with Gasteiger partial charge in [0.2, 0.25) is 5.91 Å². The molecule has 1 fully saturated rings. The summed E-state index contributed by atoms with van der Waals surface area (Å²) in [7, 11) is 0. The second kappa shape index (κ2) is 9.47. The van der Waals surface area contributed by atoms with Gasteiger partial charge in [-0.05, 0) is 42.7 Å². The molecule has 2 heterocycles. The van der Waals surface area contributed by atoms with Gasteiger partial charge in [-0.3, -0.25) is 14.5 Å². The van der Waals surface area contributed by atoms with Gasteiger partial charge in [0, 0.05) is 17.4 Å². The van der Waals surface area contributed by atoms with E-state index in [1.165, 1.54) is 30.3 Å². The fourth-order valence-corrected chi connectivity index (χ4v) is 5.54. The van der Waals surface area contributed by atoms with Crippen LogP contribution in [0.15, 0.2) is 58.5 Å². The molecule has 170 valence electrons. The number of fused-ring (bicyclic) bond motifs is 3. The summed E-state index contributed by atoms with van der Waals surface area (Å²) < 4.78 is 13.3. The third kappa shape index (κ3) is 4.71. The average molecular weight is 465 g/mol. The highest BCUT2D eigenvalue weighted by Crippen LogP contribution is 2.35. The van der Waals surface area contributed by atoms with Gasteiger partial charge >= 0.3 is 0 Å². The number of halogens is 1. The smallest absolute Gasteiger partial charge is 0.271 e. The number of aliphatic imine (C=N–C) groups is 2. The maximum Gasteiger partial charge on any atom is 0.271 e. The zero-order valence-electron chi connectivity index (χ0n) is 18.2. The van der Waals surface area contributed by atoms with E-state index in [0.29, 0.717) is 16.8 Å². The van der Waals surface area contributed by atoms with Crippen molar-refractivity contribution in [3.63, 3.8) is 0 Å². The van der Waals surface area contributed by atoms with Crippen LogP contribution in [0.5, 0.6) is 0 Å². The molecule has 2 amide bonds. The molecule has 5 rings (SSSR count). The van der Waals surface area contributed by atoms with Crippen molar-refractivity contribution in [1.29, 1.82) is 0 Å². The van der Waals surface area contributed by atoms with E-state index in [1.54, 1.807) is 17.0 Å². The van der Waals surface area contributed by atoms with Gasteiger partial charge in [-0.25, -0.2) is 9.38 Å². The molecule has 6 nitrogen and oxygen atoms in total. The lowest BCUT2D eigenvalue weighted by atomic mass is 9.95. The Morgan fingerprint density at radius 3 is 2.61 bits per heavy atom. The molecule has 1 unspecified atom stereocenters. The Labute approximate surface area is 196 Å². The van der Waals surface area contributed by atoms with Crippen LogP contribution in [0.25, 0.3) is 0 Å². The minimum atomic E-state index is -0.712. The van der Waals surface area contributed by atoms with E-state index in [0.717, 1.165) is 42.5 Å². The van der Waals surface area contributed by atoms with E-state index in [9.17, 15) is 14.0 Å². The lowest BCUT2D eigenvalue weighted by molar-refractivity contribution is -0.127. The number of rotatable bonds is 5. The number of nitrogens with zero attached hydrogens (tertiary/aromatic N) is 3. The van der Waals surface area contributed by atoms with Crippen molar-refractivity contribution >= 4 is 40.3 Å². The highest BCUT2D eigenvalue weighted by molar-refractivity contribution is 8.13. The number of para-hydroxylation sites is 1. The first-order chi connectivity index (χ1) is 16.1. The summed E-state index contributed by atoms with van der Waals surface area (Å²) in [6.07, 6.45) is 5.48. The molecule has 8 heteroatoms. The normalized spacial score (nSPS) is 20.1. The van der Waals surface area contributed by atoms with Gasteiger partial charge < -0.3 is 5.32 Å². The summed E-state index contributed by atoms with van der Waals surface area (Å²) in [5.74, 6) is 0.369. The molecule has 0 saturated heterocycles. The Hall–Kier alpha value is -3.00. The van der Waals surface area contributed by atoms with Crippen LogP contribution in [0.1, 0.15) is 49.7 Å². The van der Waals surface area contributed by atoms with Crippen molar-refractivity contribution in [3.8, 4) is 0 Å². The summed E-state index contributed by atoms with van der Waals surface area (Å²) in [6, 6.07) is 13.4. The first kappa shape index (κ1) is 21.8. The third-order valence-electron chi connectivity index (χ3n) is 6.24. The summed E-state index contributed by atoms with van der Waals surface area (Å²) in [5, 5.41) is 3.73. The molecular formula is C25H25FN4O2S. The molecule has 1 atom stereocenters. The zero-order valence-corrected chi connectivity index (χ0v) is 19.0. The molecule has 2 aromatic carbocycles. The van der Waals surface area contributed by atoms with Crippen molar-refractivity contribution in [2.45, 2.75) is 56.4 Å². The number of nitrogens with one attached hydrogen (secondary N) is 1. The highest BCUT2D eigenvalue weighted by atomic mass is 32.2. The average Bonchev–Trinajstić information content (AvgIpc) is 3.15. The van der Waals surface area contributed by atoms with Crippen LogP contribution >= 0.6 is 11.8 Å². The number of amides is 2. The second-order valence-corrected chi connectivity index (χ2v) is 9.54. The predicted octanol–water partition coefficient (Wildman–Crippen LogP) is 4.56. The van der Waals surface area contributed by atoms with Crippen molar-refractivity contribution in [2.24, 2.45) is 9.98 Å². The predicted molar refractivity (Wildman–Crippen MR) is 128 cm³/mol. The Morgan fingerprint density at radius 2 is 1.82 bits per heavy atom. The molecule has 1 N–H and O–H groups in total. The van der Waals surface area contributed by atoms with Crippen LogP contribution in [0.2, 0.25) is 0 Å². The van der Waals surface area contributed by atoms with Gasteiger partial charge in [0.1, 0.15) is 17.7 Å². The first-order valence-electron chi connectivity index (χ1n) is 11.3. The van der Waals surface area contributed by atoms with Crippen LogP contribution in [0.3, 0.4) is 0 Å². The van der Waals surface area contributed by atoms with Crippen molar-refractivity contribution in [3.05, 3.63) is 65.5 Å². The topological polar surface area (TPSA) is 74.1 Å². The van der Waals surface area contributed by atoms with E-state index >= 15 is 0 Å². The largest absolute Gasteiger partial charge is 0.353 e. The Morgan fingerprint density at radius 1 is 1.06 bits per heavy atom. The SMILES string of the molecule is O=C(CC1C(=O)N=C2c3ccccc3N=C(SCc3ccc(F)cc3)N21)NC1CCCCC1. The number of benzene rings is 2. The lowest BCUT2D eigenvalue weighted by Crippen LogP contribution is -2.47. The molecule has 33 heavy (non-hydrogen) atoms. The quantitative estimate of drug-likeness (QED) is 0.704. The van der Waals surface area contributed by atoms with E-state index in [2.05, 4.69) is 10.3 Å². The molecule has 1 aliphatic carbocycles.